The summed E-state index contributed by atoms with van der Waals surface area (Å²) in [4.78, 5) is 34.5. The Morgan fingerprint density at radius 2 is 1.95 bits per heavy atom. The third-order valence-electron chi connectivity index (χ3n) is 2.51. The van der Waals surface area contributed by atoms with Crippen LogP contribution >= 0.6 is 0 Å². The minimum Gasteiger partial charge on any atom is -0.467 e. The number of carbonyl (C=O) groups excluding carboxylic acids is 3. The van der Waals surface area contributed by atoms with Gasteiger partial charge >= 0.3 is 0 Å². The van der Waals surface area contributed by atoms with Crippen molar-refractivity contribution in [3.8, 4) is 0 Å². The lowest BCUT2D eigenvalue weighted by molar-refractivity contribution is -0.141. The van der Waals surface area contributed by atoms with Gasteiger partial charge in [0, 0.05) is 5.92 Å². The van der Waals surface area contributed by atoms with Gasteiger partial charge in [-0.15, -0.1) is 0 Å². The Bertz CT molecular complexity index is 451. The van der Waals surface area contributed by atoms with E-state index < -0.39 is 23.7 Å². The summed E-state index contributed by atoms with van der Waals surface area (Å²) in [5.41, 5.74) is 0. The molecule has 2 amide bonds. The highest BCUT2D eigenvalue weighted by atomic mass is 16.3. The van der Waals surface area contributed by atoms with Crippen molar-refractivity contribution < 1.29 is 18.8 Å². The quantitative estimate of drug-likeness (QED) is 0.739. The molecule has 1 aromatic heterocycles. The first-order chi connectivity index (χ1) is 8.91. The zero-order valence-corrected chi connectivity index (χ0v) is 11.2. The number of hydrogen-bond donors (Lipinski definition) is 2. The van der Waals surface area contributed by atoms with E-state index >= 15 is 0 Å². The smallest absolute Gasteiger partial charge is 0.288 e. The van der Waals surface area contributed by atoms with Crippen LogP contribution in [0.1, 0.15) is 26.5 Å². The zero-order valence-electron chi connectivity index (χ0n) is 11.2. The van der Waals surface area contributed by atoms with Crippen LogP contribution in [0.15, 0.2) is 22.8 Å². The third kappa shape index (κ3) is 4.57. The molecule has 6 nitrogen and oxygen atoms in total. The van der Waals surface area contributed by atoms with Crippen molar-refractivity contribution in [1.29, 1.82) is 0 Å². The maximum Gasteiger partial charge on any atom is 0.288 e. The second-order valence-corrected chi connectivity index (χ2v) is 4.51. The summed E-state index contributed by atoms with van der Waals surface area (Å²) in [7, 11) is 0. The summed E-state index contributed by atoms with van der Waals surface area (Å²) in [5, 5.41) is 4.96. The minimum absolute atomic E-state index is 0.240. The molecule has 19 heavy (non-hydrogen) atoms. The Morgan fingerprint density at radius 3 is 2.47 bits per heavy atom. The fourth-order valence-electron chi connectivity index (χ4n) is 1.34. The van der Waals surface area contributed by atoms with E-state index in [1.165, 1.54) is 13.2 Å². The molecule has 0 bridgehead atoms. The second-order valence-electron chi connectivity index (χ2n) is 4.51. The van der Waals surface area contributed by atoms with E-state index in [2.05, 4.69) is 10.6 Å². The molecule has 0 aliphatic heterocycles. The van der Waals surface area contributed by atoms with Crippen molar-refractivity contribution in [3.63, 3.8) is 0 Å². The number of furan rings is 1. The summed E-state index contributed by atoms with van der Waals surface area (Å²) >= 11 is 0. The number of ketones is 1. The Kier molecular flexibility index (Phi) is 5.29. The summed E-state index contributed by atoms with van der Waals surface area (Å²) in [6.07, 6.45) is 1.51. The average Bonchev–Trinajstić information content (AvgIpc) is 2.87. The largest absolute Gasteiger partial charge is 0.467 e. The van der Waals surface area contributed by atoms with Crippen molar-refractivity contribution >= 4 is 17.6 Å². The van der Waals surface area contributed by atoms with E-state index in [0.29, 0.717) is 5.76 Å². The van der Waals surface area contributed by atoms with Crippen LogP contribution in [0.2, 0.25) is 0 Å². The molecular weight excluding hydrogens is 248 g/mol. The van der Waals surface area contributed by atoms with Crippen LogP contribution in [0.25, 0.3) is 0 Å². The Labute approximate surface area is 111 Å². The zero-order chi connectivity index (χ0) is 14.4. The van der Waals surface area contributed by atoms with E-state index in [9.17, 15) is 14.4 Å². The molecule has 0 spiro atoms. The molecular formula is C13H18N2O4. The van der Waals surface area contributed by atoms with Crippen LogP contribution < -0.4 is 10.6 Å². The summed E-state index contributed by atoms with van der Waals surface area (Å²) < 4.78 is 5.06. The molecule has 1 unspecified atom stereocenters. The van der Waals surface area contributed by atoms with Crippen molar-refractivity contribution in [3.05, 3.63) is 24.2 Å². The molecule has 1 atom stereocenters. The molecule has 1 rings (SSSR count). The van der Waals surface area contributed by atoms with Crippen LogP contribution in [-0.4, -0.2) is 23.6 Å². The number of hydrogen-bond acceptors (Lipinski definition) is 4. The molecule has 104 valence electrons. The van der Waals surface area contributed by atoms with Gasteiger partial charge in [-0.05, 0) is 19.1 Å². The average molecular weight is 266 g/mol. The SMILES string of the molecule is CC(C)C(=O)C(=O)NC(C)C(=O)NCc1ccco1. The van der Waals surface area contributed by atoms with E-state index in [1.54, 1.807) is 26.0 Å². The molecule has 0 radical (unpaired) electrons. The predicted octanol–water partition coefficient (Wildman–Crippen LogP) is 0.626. The van der Waals surface area contributed by atoms with Gasteiger partial charge < -0.3 is 15.1 Å². The van der Waals surface area contributed by atoms with Crippen LogP contribution in [0.4, 0.5) is 0 Å². The van der Waals surface area contributed by atoms with Gasteiger partial charge in [-0.3, -0.25) is 14.4 Å². The van der Waals surface area contributed by atoms with E-state index in [0.717, 1.165) is 0 Å². The summed E-state index contributed by atoms with van der Waals surface area (Å²) in [5.74, 6) is -1.42. The lowest BCUT2D eigenvalue weighted by atomic mass is 10.1. The van der Waals surface area contributed by atoms with Gasteiger partial charge in [0.05, 0.1) is 12.8 Å². The molecule has 0 aliphatic rings. The van der Waals surface area contributed by atoms with Gasteiger partial charge in [-0.1, -0.05) is 13.8 Å². The van der Waals surface area contributed by atoms with Gasteiger partial charge in [-0.2, -0.15) is 0 Å². The van der Waals surface area contributed by atoms with Crippen LogP contribution in [0.5, 0.6) is 0 Å². The second kappa shape index (κ2) is 6.72. The van der Waals surface area contributed by atoms with Crippen LogP contribution in [0.3, 0.4) is 0 Å². The van der Waals surface area contributed by atoms with Crippen LogP contribution in [0, 0.1) is 5.92 Å². The fourth-order valence-corrected chi connectivity index (χ4v) is 1.34. The number of Topliss-reactive ketones (excluding diaryl/α,β-unsaturated/α-hetero) is 1. The molecule has 1 aromatic rings. The van der Waals surface area contributed by atoms with Crippen molar-refractivity contribution in [2.45, 2.75) is 33.4 Å². The molecule has 0 aliphatic carbocycles. The van der Waals surface area contributed by atoms with Gasteiger partial charge in [0.15, 0.2) is 0 Å². The minimum atomic E-state index is -0.773. The van der Waals surface area contributed by atoms with E-state index in [-0.39, 0.29) is 12.5 Å². The number of amides is 2. The van der Waals surface area contributed by atoms with Crippen molar-refractivity contribution in [2.75, 3.05) is 0 Å². The van der Waals surface area contributed by atoms with Crippen molar-refractivity contribution in [1.82, 2.24) is 10.6 Å². The van der Waals surface area contributed by atoms with Gasteiger partial charge in [0.25, 0.3) is 5.91 Å². The normalized spacial score (nSPS) is 12.0. The summed E-state index contributed by atoms with van der Waals surface area (Å²) in [6.45, 7) is 5.01. The molecule has 0 saturated heterocycles. The first kappa shape index (κ1) is 14.9. The molecule has 1 heterocycles. The molecule has 6 heteroatoms. The number of carbonyl (C=O) groups is 3. The Morgan fingerprint density at radius 1 is 1.26 bits per heavy atom. The predicted molar refractivity (Wildman–Crippen MR) is 68.0 cm³/mol. The van der Waals surface area contributed by atoms with Gasteiger partial charge in [-0.25, -0.2) is 0 Å². The maximum atomic E-state index is 11.7. The third-order valence-corrected chi connectivity index (χ3v) is 2.51. The molecule has 0 saturated carbocycles. The highest BCUT2D eigenvalue weighted by Gasteiger charge is 2.22. The highest BCUT2D eigenvalue weighted by Crippen LogP contribution is 1.99. The Balaban J connectivity index is 2.40. The molecule has 2 N–H and O–H groups in total. The number of nitrogens with one attached hydrogen (secondary N) is 2. The van der Waals surface area contributed by atoms with E-state index in [1.807, 2.05) is 0 Å². The van der Waals surface area contributed by atoms with E-state index in [4.69, 9.17) is 4.42 Å². The van der Waals surface area contributed by atoms with Crippen molar-refractivity contribution in [2.24, 2.45) is 5.92 Å². The van der Waals surface area contributed by atoms with Gasteiger partial charge in [0.2, 0.25) is 11.7 Å². The lowest BCUT2D eigenvalue weighted by Gasteiger charge is -2.13. The fraction of sp³-hybridized carbons (Fsp3) is 0.462. The number of rotatable bonds is 6. The Hall–Kier alpha value is -2.11. The summed E-state index contributed by atoms with van der Waals surface area (Å²) in [6, 6.07) is 2.67. The lowest BCUT2D eigenvalue weighted by Crippen LogP contribution is -2.47. The monoisotopic (exact) mass is 266 g/mol. The standard InChI is InChI=1S/C13H18N2O4/c1-8(2)11(16)13(18)15-9(3)12(17)14-7-10-5-4-6-19-10/h4-6,8-9H,7H2,1-3H3,(H,14,17)(H,15,18). The maximum absolute atomic E-state index is 11.7. The highest BCUT2D eigenvalue weighted by molar-refractivity contribution is 6.37. The van der Waals surface area contributed by atoms with Gasteiger partial charge in [0.1, 0.15) is 11.8 Å². The topological polar surface area (TPSA) is 88.4 Å². The first-order valence-corrected chi connectivity index (χ1v) is 6.06. The first-order valence-electron chi connectivity index (χ1n) is 6.06. The molecule has 0 fully saturated rings. The molecule has 0 aromatic carbocycles. The van der Waals surface area contributed by atoms with Crippen LogP contribution in [-0.2, 0) is 20.9 Å².